The van der Waals surface area contributed by atoms with Gasteiger partial charge in [0.05, 0.1) is 6.54 Å². The lowest BCUT2D eigenvalue weighted by Crippen LogP contribution is -2.47. The van der Waals surface area contributed by atoms with Gasteiger partial charge in [-0.2, -0.15) is 0 Å². The van der Waals surface area contributed by atoms with E-state index in [9.17, 15) is 13.6 Å². The highest BCUT2D eigenvalue weighted by atomic mass is 19.1. The van der Waals surface area contributed by atoms with Crippen LogP contribution in [0, 0.1) is 23.0 Å². The molecule has 5 heteroatoms. The van der Waals surface area contributed by atoms with Crippen LogP contribution in [-0.4, -0.2) is 25.0 Å². The predicted molar refractivity (Wildman–Crippen MR) is 96.3 cm³/mol. The molecule has 0 spiro atoms. The van der Waals surface area contributed by atoms with Crippen LogP contribution in [0.15, 0.2) is 18.2 Å². The highest BCUT2D eigenvalue weighted by Gasteiger charge is 2.33. The smallest absolute Gasteiger partial charge is 0.233 e. The molecule has 1 amide bonds. The first-order valence-corrected chi connectivity index (χ1v) is 9.22. The second-order valence-electron chi connectivity index (χ2n) is 8.04. The fourth-order valence-electron chi connectivity index (χ4n) is 3.80. The summed E-state index contributed by atoms with van der Waals surface area (Å²) in [6, 6.07) is 4.16. The summed E-state index contributed by atoms with van der Waals surface area (Å²) in [5.74, 6) is -0.707. The van der Waals surface area contributed by atoms with Crippen molar-refractivity contribution in [1.82, 2.24) is 10.6 Å². The number of benzene rings is 1. The van der Waals surface area contributed by atoms with Crippen molar-refractivity contribution < 1.29 is 13.6 Å². The summed E-state index contributed by atoms with van der Waals surface area (Å²) in [5, 5.41) is 6.13. The normalized spacial score (nSPS) is 21.2. The monoisotopic (exact) mass is 352 g/mol. The molecule has 0 heterocycles. The number of carbonyl (C=O) groups is 1. The van der Waals surface area contributed by atoms with Crippen molar-refractivity contribution >= 4 is 5.91 Å². The molecule has 140 valence electrons. The number of hydrogen-bond donors (Lipinski definition) is 2. The van der Waals surface area contributed by atoms with Crippen LogP contribution in [0.3, 0.4) is 0 Å². The molecule has 1 aliphatic rings. The number of carbonyl (C=O) groups excluding carboxylic acids is 1. The van der Waals surface area contributed by atoms with E-state index < -0.39 is 11.6 Å². The van der Waals surface area contributed by atoms with E-state index in [0.717, 1.165) is 6.42 Å². The molecule has 1 saturated carbocycles. The minimum atomic E-state index is -0.567. The predicted octanol–water partition coefficient (Wildman–Crippen LogP) is 3.82. The maximum atomic E-state index is 13.6. The fourth-order valence-corrected chi connectivity index (χ4v) is 3.80. The lowest BCUT2D eigenvalue weighted by molar-refractivity contribution is -0.120. The van der Waals surface area contributed by atoms with Crippen molar-refractivity contribution in [2.45, 2.75) is 58.9 Å². The molecule has 0 bridgehead atoms. The number of rotatable bonds is 6. The van der Waals surface area contributed by atoms with Gasteiger partial charge in [0.2, 0.25) is 5.91 Å². The first kappa shape index (κ1) is 19.8. The van der Waals surface area contributed by atoms with Crippen LogP contribution in [-0.2, 0) is 11.2 Å². The van der Waals surface area contributed by atoms with E-state index in [4.69, 9.17) is 0 Å². The zero-order chi connectivity index (χ0) is 18.4. The Morgan fingerprint density at radius 2 is 1.80 bits per heavy atom. The van der Waals surface area contributed by atoms with Crippen LogP contribution in [0.1, 0.15) is 52.0 Å². The number of nitrogens with one attached hydrogen (secondary N) is 2. The third-order valence-electron chi connectivity index (χ3n) is 5.16. The maximum Gasteiger partial charge on any atom is 0.233 e. The van der Waals surface area contributed by atoms with Crippen LogP contribution in [0.4, 0.5) is 8.78 Å². The van der Waals surface area contributed by atoms with Crippen LogP contribution in [0.5, 0.6) is 0 Å². The summed E-state index contributed by atoms with van der Waals surface area (Å²) in [6.45, 7) is 7.23. The molecule has 2 N–H and O–H groups in total. The zero-order valence-electron chi connectivity index (χ0n) is 15.5. The largest absolute Gasteiger partial charge is 0.355 e. The summed E-state index contributed by atoms with van der Waals surface area (Å²) < 4.78 is 27.1. The highest BCUT2D eigenvalue weighted by Crippen LogP contribution is 2.37. The van der Waals surface area contributed by atoms with Gasteiger partial charge in [0.15, 0.2) is 0 Å². The Labute approximate surface area is 149 Å². The Balaban J connectivity index is 1.77. The molecule has 2 rings (SSSR count). The van der Waals surface area contributed by atoms with Gasteiger partial charge >= 0.3 is 0 Å². The van der Waals surface area contributed by atoms with E-state index in [1.165, 1.54) is 37.5 Å². The average molecular weight is 352 g/mol. The molecule has 0 radical (unpaired) electrons. The molecule has 2 unspecified atom stereocenters. The first-order valence-electron chi connectivity index (χ1n) is 9.22. The van der Waals surface area contributed by atoms with E-state index in [-0.39, 0.29) is 36.4 Å². The van der Waals surface area contributed by atoms with E-state index in [2.05, 4.69) is 31.4 Å². The SMILES string of the molecule is CC(C)(C)C1CCCCC1NCC(=O)NCCc1c(F)cccc1F. The van der Waals surface area contributed by atoms with Crippen molar-refractivity contribution in [3.8, 4) is 0 Å². The van der Waals surface area contributed by atoms with Gasteiger partial charge in [-0.15, -0.1) is 0 Å². The molecule has 0 saturated heterocycles. The van der Waals surface area contributed by atoms with Gasteiger partial charge in [0.1, 0.15) is 11.6 Å². The molecule has 1 aromatic carbocycles. The molecule has 25 heavy (non-hydrogen) atoms. The molecular weight excluding hydrogens is 322 g/mol. The Morgan fingerprint density at radius 1 is 1.16 bits per heavy atom. The highest BCUT2D eigenvalue weighted by molar-refractivity contribution is 5.78. The van der Waals surface area contributed by atoms with Crippen LogP contribution in [0.2, 0.25) is 0 Å². The fraction of sp³-hybridized carbons (Fsp3) is 0.650. The van der Waals surface area contributed by atoms with Crippen LogP contribution < -0.4 is 10.6 Å². The molecule has 1 fully saturated rings. The molecule has 0 aliphatic heterocycles. The summed E-state index contributed by atoms with van der Waals surface area (Å²) in [6.07, 6.45) is 4.88. The number of halogens is 2. The summed E-state index contributed by atoms with van der Waals surface area (Å²) >= 11 is 0. The van der Waals surface area contributed by atoms with Gasteiger partial charge in [0, 0.05) is 18.2 Å². The Bertz CT molecular complexity index is 563. The van der Waals surface area contributed by atoms with Crippen molar-refractivity contribution in [1.29, 1.82) is 0 Å². The van der Waals surface area contributed by atoms with Gasteiger partial charge in [0.25, 0.3) is 0 Å². The molecule has 3 nitrogen and oxygen atoms in total. The quantitative estimate of drug-likeness (QED) is 0.817. The van der Waals surface area contributed by atoms with Gasteiger partial charge in [-0.3, -0.25) is 4.79 Å². The van der Waals surface area contributed by atoms with Crippen LogP contribution >= 0.6 is 0 Å². The zero-order valence-corrected chi connectivity index (χ0v) is 15.5. The molecule has 1 aromatic rings. The second-order valence-corrected chi connectivity index (χ2v) is 8.04. The van der Waals surface area contributed by atoms with E-state index in [1.54, 1.807) is 0 Å². The third-order valence-corrected chi connectivity index (χ3v) is 5.16. The Kier molecular flexibility index (Phi) is 6.94. The lowest BCUT2D eigenvalue weighted by atomic mass is 9.69. The first-order chi connectivity index (χ1) is 11.8. The standard InChI is InChI=1S/C20H30F2N2O/c1-20(2,3)15-7-4-5-10-18(15)24-13-19(25)23-12-11-14-16(21)8-6-9-17(14)22/h6,8-9,15,18,24H,4-5,7,10-13H2,1-3H3,(H,23,25). The topological polar surface area (TPSA) is 41.1 Å². The van der Waals surface area contributed by atoms with E-state index >= 15 is 0 Å². The minimum Gasteiger partial charge on any atom is -0.355 e. The van der Waals surface area contributed by atoms with Gasteiger partial charge in [-0.1, -0.05) is 39.7 Å². The average Bonchev–Trinajstić information content (AvgIpc) is 2.55. The van der Waals surface area contributed by atoms with Gasteiger partial charge < -0.3 is 10.6 Å². The maximum absolute atomic E-state index is 13.6. The lowest BCUT2D eigenvalue weighted by Gasteiger charge is -2.40. The van der Waals surface area contributed by atoms with Crippen molar-refractivity contribution in [2.75, 3.05) is 13.1 Å². The summed E-state index contributed by atoms with van der Waals surface area (Å²) in [7, 11) is 0. The molecule has 0 aromatic heterocycles. The minimum absolute atomic E-state index is 0.0239. The summed E-state index contributed by atoms with van der Waals surface area (Å²) in [4.78, 5) is 12.0. The Hall–Kier alpha value is -1.49. The van der Waals surface area contributed by atoms with Gasteiger partial charge in [-0.05, 0) is 42.7 Å². The Morgan fingerprint density at radius 3 is 2.44 bits per heavy atom. The van der Waals surface area contributed by atoms with E-state index in [1.807, 2.05) is 0 Å². The molecular formula is C20H30F2N2O. The van der Waals surface area contributed by atoms with Gasteiger partial charge in [-0.25, -0.2) is 8.78 Å². The van der Waals surface area contributed by atoms with Crippen molar-refractivity contribution in [3.05, 3.63) is 35.4 Å². The van der Waals surface area contributed by atoms with Crippen molar-refractivity contribution in [3.63, 3.8) is 0 Å². The van der Waals surface area contributed by atoms with Crippen LogP contribution in [0.25, 0.3) is 0 Å². The molecule has 2 atom stereocenters. The second kappa shape index (κ2) is 8.75. The number of hydrogen-bond acceptors (Lipinski definition) is 2. The van der Waals surface area contributed by atoms with E-state index in [0.29, 0.717) is 12.0 Å². The molecule has 1 aliphatic carbocycles. The third kappa shape index (κ3) is 5.77. The number of amides is 1. The van der Waals surface area contributed by atoms with Crippen molar-refractivity contribution in [2.24, 2.45) is 11.3 Å². The summed E-state index contributed by atoms with van der Waals surface area (Å²) in [5.41, 5.74) is 0.243.